The average molecular weight is 566 g/mol. The van der Waals surface area contributed by atoms with E-state index in [0.717, 1.165) is 10.9 Å². The second-order valence-corrected chi connectivity index (χ2v) is 10.6. The first kappa shape index (κ1) is 36.6. The van der Waals surface area contributed by atoms with Crippen LogP contribution in [0.3, 0.4) is 0 Å². The first-order valence-electron chi connectivity index (χ1n) is 8.45. The predicted molar refractivity (Wildman–Crippen MR) is 98.6 cm³/mol. The molecule has 0 saturated carbocycles. The maximum absolute atomic E-state index is 11.9. The van der Waals surface area contributed by atoms with Crippen molar-refractivity contribution in [3.63, 3.8) is 0 Å². The number of phosphoric acid groups is 3. The smallest absolute Gasteiger partial charge is 0.756 e. The van der Waals surface area contributed by atoms with Crippen LogP contribution < -0.4 is 82.6 Å². The Kier molecular flexibility index (Phi) is 13.6. The van der Waals surface area contributed by atoms with Crippen molar-refractivity contribution in [1.29, 1.82) is 0 Å². The molecule has 3 rings (SSSR count). The molecule has 0 bridgehead atoms. The van der Waals surface area contributed by atoms with Crippen LogP contribution in [0.2, 0.25) is 0 Å². The molecule has 2 aromatic rings. The average Bonchev–Trinajstić information content (AvgIpc) is 3.19. The Morgan fingerprint density at radius 1 is 1.24 bits per heavy atom. The summed E-state index contributed by atoms with van der Waals surface area (Å²) in [5.74, 6) is -0.308. The number of fused-ring (bicyclic) bond motifs is 1. The van der Waals surface area contributed by atoms with E-state index in [2.05, 4.69) is 38.1 Å². The number of ether oxygens (including phenoxy) is 1. The number of aromatic nitrogens is 4. The summed E-state index contributed by atoms with van der Waals surface area (Å²) in [4.78, 5) is 66.2. The molecule has 0 aromatic carbocycles. The van der Waals surface area contributed by atoms with Gasteiger partial charge in [0.2, 0.25) is 5.95 Å². The van der Waals surface area contributed by atoms with Crippen LogP contribution in [0.1, 0.15) is 6.23 Å². The molecular formula is C10H12Li3N8O13P3. The molecule has 4 unspecified atom stereocenters. The minimum Gasteiger partial charge on any atom is -0.756 e. The zero-order valence-electron chi connectivity index (χ0n) is 19.1. The van der Waals surface area contributed by atoms with Gasteiger partial charge < -0.3 is 39.7 Å². The first-order valence-corrected chi connectivity index (χ1v) is 12.9. The van der Waals surface area contributed by atoms with Crippen LogP contribution in [0, 0.1) is 0 Å². The van der Waals surface area contributed by atoms with E-state index < -0.39 is 60.1 Å². The fraction of sp³-hybridized carbons (Fsp3) is 0.500. The molecule has 0 amide bonds. The molecule has 0 aliphatic carbocycles. The van der Waals surface area contributed by atoms with E-state index in [1.54, 1.807) is 0 Å². The van der Waals surface area contributed by atoms with Crippen molar-refractivity contribution in [2.24, 2.45) is 5.11 Å². The van der Waals surface area contributed by atoms with Crippen LogP contribution in [0.4, 0.5) is 5.95 Å². The third-order valence-corrected chi connectivity index (χ3v) is 7.74. The largest absolute Gasteiger partial charge is 1.00 e. The number of nitrogens with one attached hydrogen (secondary N) is 1. The number of nitrogens with two attached hydrogens (primary N) is 1. The second-order valence-electron chi connectivity index (χ2n) is 6.35. The first-order chi connectivity index (χ1) is 15.6. The Hall–Kier alpha value is -0.418. The second kappa shape index (κ2) is 13.8. The summed E-state index contributed by atoms with van der Waals surface area (Å²) >= 11 is 0. The number of hydrogen-bond acceptors (Lipinski definition) is 16. The molecule has 27 heteroatoms. The van der Waals surface area contributed by atoms with Gasteiger partial charge >= 0.3 is 56.6 Å². The van der Waals surface area contributed by atoms with Gasteiger partial charge in [-0.1, -0.05) is 5.11 Å². The van der Waals surface area contributed by atoms with E-state index in [-0.39, 0.29) is 73.7 Å². The van der Waals surface area contributed by atoms with Gasteiger partial charge in [0.25, 0.3) is 29.0 Å². The van der Waals surface area contributed by atoms with Crippen molar-refractivity contribution in [3.05, 3.63) is 27.1 Å². The number of imidazole rings is 1. The normalized spacial score (nSPS) is 25.8. The number of nitrogen functional groups attached to an aromatic ring is 1. The van der Waals surface area contributed by atoms with Gasteiger partial charge in [0.05, 0.1) is 19.0 Å². The maximum Gasteiger partial charge on any atom is 1.00 e. The summed E-state index contributed by atoms with van der Waals surface area (Å²) in [5.41, 5.74) is 13.2. The quantitative estimate of drug-likeness (QED) is 0.0719. The number of H-pyrrole nitrogens is 1. The van der Waals surface area contributed by atoms with Crippen LogP contribution in [0.25, 0.3) is 21.6 Å². The molecule has 1 aliphatic rings. The molecule has 0 spiro atoms. The van der Waals surface area contributed by atoms with Crippen molar-refractivity contribution >= 4 is 40.6 Å². The molecule has 21 nitrogen and oxygen atoms in total. The molecule has 3 heterocycles. The van der Waals surface area contributed by atoms with Crippen molar-refractivity contribution in [3.8, 4) is 0 Å². The summed E-state index contributed by atoms with van der Waals surface area (Å²) in [7, 11) is -17.9. The zero-order chi connectivity index (χ0) is 25.5. The van der Waals surface area contributed by atoms with E-state index in [0.29, 0.717) is 0 Å². The third kappa shape index (κ3) is 9.33. The van der Waals surface area contributed by atoms with Crippen molar-refractivity contribution in [1.82, 2.24) is 19.5 Å². The number of anilines is 1. The van der Waals surface area contributed by atoms with Gasteiger partial charge in [-0.15, -0.1) is 0 Å². The summed E-state index contributed by atoms with van der Waals surface area (Å²) < 4.78 is 50.8. The van der Waals surface area contributed by atoms with Gasteiger partial charge in [-0.2, -0.15) is 4.98 Å². The number of phosphoric ester groups is 1. The van der Waals surface area contributed by atoms with E-state index in [1.165, 1.54) is 0 Å². The minimum absolute atomic E-state index is 0. The number of hydrogen-bond donors (Lipinski definition) is 4. The van der Waals surface area contributed by atoms with Crippen LogP contribution in [-0.2, 0) is 31.6 Å². The number of nitrogens with zero attached hydrogens (tertiary/aromatic N) is 6. The molecule has 2 aromatic heterocycles. The topological polar surface area (TPSA) is 336 Å². The molecule has 5 N–H and O–H groups in total. The Balaban J connectivity index is 0.00000432. The predicted octanol–water partition coefficient (Wildman–Crippen LogP) is -11.9. The number of aromatic amines is 1. The Labute approximate surface area is 241 Å². The summed E-state index contributed by atoms with van der Waals surface area (Å²) in [6, 6.07) is -1.46. The molecule has 1 saturated heterocycles. The van der Waals surface area contributed by atoms with Crippen LogP contribution in [0.5, 0.6) is 0 Å². The van der Waals surface area contributed by atoms with Gasteiger partial charge in [0, 0.05) is 4.91 Å². The number of aliphatic hydroxyl groups excluding tert-OH is 1. The van der Waals surface area contributed by atoms with Gasteiger partial charge in [-0.25, -0.2) is 13.6 Å². The summed E-state index contributed by atoms with van der Waals surface area (Å²) in [5, 5.41) is 13.8. The molecule has 0 radical (unpaired) electrons. The fourth-order valence-corrected chi connectivity index (χ4v) is 5.76. The van der Waals surface area contributed by atoms with Crippen LogP contribution >= 0.6 is 23.5 Å². The Bertz CT molecular complexity index is 1350. The minimum atomic E-state index is -6.13. The monoisotopic (exact) mass is 566 g/mol. The van der Waals surface area contributed by atoms with Gasteiger partial charge in [-0.3, -0.25) is 28.0 Å². The Morgan fingerprint density at radius 3 is 2.43 bits per heavy atom. The van der Waals surface area contributed by atoms with Crippen molar-refractivity contribution < 1.29 is 113 Å². The number of aliphatic hydroxyl groups is 1. The standard InChI is InChI=1S/C10H15N8O13P3.3Li/c11-10-14-7-5(8(20)15-10)13-2-18(7)9-4(16-17-12)6(19)3(29-9)1-28-33(24,25)31-34(26,27)30-32(21,22)23;;;/h2-4,6,9,19H,1H2,(H,24,25)(H,26,27)(H2,21,22,23)(H3,11,14,15,20);;;/q;3*+1/p-3/t3-,4?,6+,9-;;;/m1.../s1. The molecule has 188 valence electrons. The third-order valence-electron chi connectivity index (χ3n) is 4.05. The van der Waals surface area contributed by atoms with E-state index in [9.17, 15) is 38.3 Å². The SMILES string of the molecule is [Li+].[Li+].[Li+].[N-]=[N+]=NC1[C@@H](O)[C@@H](COP(=O)([O-])OP(=O)([O-])OP(=O)([O-])O)O[C@H]1n1cnc2c(=O)[nH]c(N)nc21. The molecule has 1 fully saturated rings. The number of azide groups is 1. The van der Waals surface area contributed by atoms with Crippen molar-refractivity contribution in [2.45, 2.75) is 24.5 Å². The Morgan fingerprint density at radius 2 is 1.86 bits per heavy atom. The summed E-state index contributed by atoms with van der Waals surface area (Å²) in [6.45, 7) is -1.13. The van der Waals surface area contributed by atoms with E-state index in [1.807, 2.05) is 0 Å². The van der Waals surface area contributed by atoms with Gasteiger partial charge in [-0.05, 0) is 5.53 Å². The molecular weight excluding hydrogens is 554 g/mol. The maximum atomic E-state index is 11.9. The van der Waals surface area contributed by atoms with E-state index >= 15 is 0 Å². The summed E-state index contributed by atoms with van der Waals surface area (Å²) in [6.07, 6.45) is -3.75. The van der Waals surface area contributed by atoms with E-state index in [4.69, 9.17) is 20.9 Å². The molecule has 37 heavy (non-hydrogen) atoms. The fourth-order valence-electron chi connectivity index (χ4n) is 2.86. The molecule has 1 aliphatic heterocycles. The molecule has 7 atom stereocenters. The van der Waals surface area contributed by atoms with Crippen LogP contribution in [0.15, 0.2) is 16.2 Å². The van der Waals surface area contributed by atoms with Gasteiger partial charge in [0.1, 0.15) is 18.4 Å². The number of rotatable bonds is 9. The van der Waals surface area contributed by atoms with Crippen LogP contribution in [-0.4, -0.2) is 54.4 Å². The zero-order valence-corrected chi connectivity index (χ0v) is 21.8. The van der Waals surface area contributed by atoms with Crippen molar-refractivity contribution in [2.75, 3.05) is 12.3 Å². The van der Waals surface area contributed by atoms with Gasteiger partial charge in [0.15, 0.2) is 11.2 Å².